The van der Waals surface area contributed by atoms with E-state index in [0.29, 0.717) is 6.04 Å². The van der Waals surface area contributed by atoms with Crippen LogP contribution in [0.4, 0.5) is 0 Å². The van der Waals surface area contributed by atoms with Crippen LogP contribution in [-0.4, -0.2) is 13.2 Å². The Kier molecular flexibility index (Phi) is 3.64. The summed E-state index contributed by atoms with van der Waals surface area (Å²) >= 11 is 0. The van der Waals surface area contributed by atoms with E-state index in [-0.39, 0.29) is 0 Å². The molecule has 90 valence electrons. The van der Waals surface area contributed by atoms with Crippen LogP contribution in [0.5, 0.6) is 5.75 Å². The number of benzene rings is 2. The standard InChI is InChI=1S/C15H19NO/c1-11(2)16-10-14-13-7-5-4-6-12(13)8-9-15(14)17-3/h4-9,11,16H,10H2,1-3H3. The first-order valence-corrected chi connectivity index (χ1v) is 6.00. The quantitative estimate of drug-likeness (QED) is 0.868. The van der Waals surface area contributed by atoms with E-state index in [0.717, 1.165) is 12.3 Å². The predicted octanol–water partition coefficient (Wildman–Crippen LogP) is 3.35. The number of rotatable bonds is 4. The zero-order valence-corrected chi connectivity index (χ0v) is 10.7. The highest BCUT2D eigenvalue weighted by atomic mass is 16.5. The molecule has 0 saturated heterocycles. The summed E-state index contributed by atoms with van der Waals surface area (Å²) < 4.78 is 5.45. The molecule has 0 aliphatic carbocycles. The molecule has 0 bridgehead atoms. The van der Waals surface area contributed by atoms with Gasteiger partial charge in [0.1, 0.15) is 5.75 Å². The highest BCUT2D eigenvalue weighted by molar-refractivity contribution is 5.87. The van der Waals surface area contributed by atoms with E-state index >= 15 is 0 Å². The van der Waals surface area contributed by atoms with Crippen LogP contribution >= 0.6 is 0 Å². The molecule has 0 unspecified atom stereocenters. The lowest BCUT2D eigenvalue weighted by molar-refractivity contribution is 0.407. The summed E-state index contributed by atoms with van der Waals surface area (Å²) in [6.45, 7) is 5.14. The normalized spacial score (nSPS) is 11.1. The highest BCUT2D eigenvalue weighted by Crippen LogP contribution is 2.27. The molecule has 0 heterocycles. The third-order valence-corrected chi connectivity index (χ3v) is 2.90. The van der Waals surface area contributed by atoms with Gasteiger partial charge in [-0.25, -0.2) is 0 Å². The smallest absolute Gasteiger partial charge is 0.123 e. The molecule has 2 aromatic rings. The lowest BCUT2D eigenvalue weighted by atomic mass is 10.0. The van der Waals surface area contributed by atoms with Crippen LogP contribution in [0.15, 0.2) is 36.4 Å². The van der Waals surface area contributed by atoms with E-state index < -0.39 is 0 Å². The lowest BCUT2D eigenvalue weighted by Gasteiger charge is -2.14. The Morgan fingerprint density at radius 2 is 1.88 bits per heavy atom. The first-order valence-electron chi connectivity index (χ1n) is 6.00. The second-order valence-electron chi connectivity index (χ2n) is 4.50. The number of fused-ring (bicyclic) bond motifs is 1. The largest absolute Gasteiger partial charge is 0.496 e. The highest BCUT2D eigenvalue weighted by Gasteiger charge is 2.08. The number of hydrogen-bond donors (Lipinski definition) is 1. The van der Waals surface area contributed by atoms with Gasteiger partial charge in [-0.3, -0.25) is 0 Å². The third kappa shape index (κ3) is 2.59. The van der Waals surface area contributed by atoms with E-state index in [1.54, 1.807) is 7.11 Å². The Hall–Kier alpha value is -1.54. The maximum atomic E-state index is 5.45. The Bertz CT molecular complexity index is 505. The molecule has 2 aromatic carbocycles. The molecule has 2 nitrogen and oxygen atoms in total. The molecule has 0 atom stereocenters. The van der Waals surface area contributed by atoms with Gasteiger partial charge < -0.3 is 10.1 Å². The maximum Gasteiger partial charge on any atom is 0.123 e. The summed E-state index contributed by atoms with van der Waals surface area (Å²) in [6, 6.07) is 13.0. The van der Waals surface area contributed by atoms with Crippen molar-refractivity contribution >= 4 is 10.8 Å². The van der Waals surface area contributed by atoms with Crippen molar-refractivity contribution in [1.29, 1.82) is 0 Å². The van der Waals surface area contributed by atoms with Crippen molar-refractivity contribution in [3.63, 3.8) is 0 Å². The molecule has 0 spiro atoms. The van der Waals surface area contributed by atoms with Gasteiger partial charge in [0.15, 0.2) is 0 Å². The van der Waals surface area contributed by atoms with Crippen LogP contribution in [0, 0.1) is 0 Å². The summed E-state index contributed by atoms with van der Waals surface area (Å²) in [4.78, 5) is 0. The Morgan fingerprint density at radius 1 is 1.12 bits per heavy atom. The fraction of sp³-hybridized carbons (Fsp3) is 0.333. The average Bonchev–Trinajstić information content (AvgIpc) is 2.35. The van der Waals surface area contributed by atoms with Crippen LogP contribution < -0.4 is 10.1 Å². The Labute approximate surface area is 103 Å². The summed E-state index contributed by atoms with van der Waals surface area (Å²) in [6.07, 6.45) is 0. The van der Waals surface area contributed by atoms with Crippen LogP contribution in [0.25, 0.3) is 10.8 Å². The average molecular weight is 229 g/mol. The van der Waals surface area contributed by atoms with Gasteiger partial charge in [-0.15, -0.1) is 0 Å². The minimum absolute atomic E-state index is 0.471. The minimum atomic E-state index is 0.471. The monoisotopic (exact) mass is 229 g/mol. The van der Waals surface area contributed by atoms with Crippen molar-refractivity contribution in [2.24, 2.45) is 0 Å². The first-order chi connectivity index (χ1) is 8.22. The molecular formula is C15H19NO. The second kappa shape index (κ2) is 5.19. The van der Waals surface area contributed by atoms with Crippen LogP contribution in [0.3, 0.4) is 0 Å². The lowest BCUT2D eigenvalue weighted by Crippen LogP contribution is -2.22. The molecule has 0 aliphatic rings. The molecule has 2 rings (SSSR count). The fourth-order valence-electron chi connectivity index (χ4n) is 2.00. The molecule has 0 aromatic heterocycles. The number of nitrogens with one attached hydrogen (secondary N) is 1. The third-order valence-electron chi connectivity index (χ3n) is 2.90. The van der Waals surface area contributed by atoms with E-state index in [9.17, 15) is 0 Å². The van der Waals surface area contributed by atoms with Crippen LogP contribution in [0.2, 0.25) is 0 Å². The van der Waals surface area contributed by atoms with Crippen LogP contribution in [-0.2, 0) is 6.54 Å². The minimum Gasteiger partial charge on any atom is -0.496 e. The molecule has 2 heteroatoms. The SMILES string of the molecule is COc1ccc2ccccc2c1CNC(C)C. The van der Waals surface area contributed by atoms with Gasteiger partial charge in [0.25, 0.3) is 0 Å². The van der Waals surface area contributed by atoms with Crippen LogP contribution in [0.1, 0.15) is 19.4 Å². The molecule has 1 N–H and O–H groups in total. The topological polar surface area (TPSA) is 21.3 Å². The second-order valence-corrected chi connectivity index (χ2v) is 4.50. The van der Waals surface area contributed by atoms with Crippen molar-refractivity contribution in [3.05, 3.63) is 42.0 Å². The molecule has 0 amide bonds. The molecular weight excluding hydrogens is 210 g/mol. The molecule has 17 heavy (non-hydrogen) atoms. The van der Waals surface area contributed by atoms with Gasteiger partial charge >= 0.3 is 0 Å². The molecule has 0 radical (unpaired) electrons. The van der Waals surface area contributed by atoms with Crippen molar-refractivity contribution in [2.75, 3.05) is 7.11 Å². The van der Waals surface area contributed by atoms with Crippen molar-refractivity contribution < 1.29 is 4.74 Å². The van der Waals surface area contributed by atoms with E-state index in [4.69, 9.17) is 4.74 Å². The zero-order chi connectivity index (χ0) is 12.3. The van der Waals surface area contributed by atoms with Crippen molar-refractivity contribution in [2.45, 2.75) is 26.4 Å². The van der Waals surface area contributed by atoms with Gasteiger partial charge in [-0.05, 0) is 16.8 Å². The summed E-state index contributed by atoms with van der Waals surface area (Å²) in [5.41, 5.74) is 1.24. The zero-order valence-electron chi connectivity index (χ0n) is 10.7. The number of methoxy groups -OCH3 is 1. The molecule has 0 saturated carbocycles. The van der Waals surface area contributed by atoms with Crippen molar-refractivity contribution in [3.8, 4) is 5.75 Å². The van der Waals surface area contributed by atoms with Gasteiger partial charge in [-0.1, -0.05) is 44.2 Å². The van der Waals surface area contributed by atoms with Gasteiger partial charge in [0.2, 0.25) is 0 Å². The predicted molar refractivity (Wildman–Crippen MR) is 72.5 cm³/mol. The van der Waals surface area contributed by atoms with E-state index in [1.165, 1.54) is 16.3 Å². The summed E-state index contributed by atoms with van der Waals surface area (Å²) in [7, 11) is 1.73. The Morgan fingerprint density at radius 3 is 2.59 bits per heavy atom. The maximum absolute atomic E-state index is 5.45. The number of hydrogen-bond acceptors (Lipinski definition) is 2. The van der Waals surface area contributed by atoms with Crippen molar-refractivity contribution in [1.82, 2.24) is 5.32 Å². The Balaban J connectivity index is 2.47. The van der Waals surface area contributed by atoms with E-state index in [1.807, 2.05) is 6.07 Å². The number of ether oxygens (including phenoxy) is 1. The first kappa shape index (κ1) is 11.9. The summed E-state index contributed by atoms with van der Waals surface area (Å²) in [5, 5.41) is 5.97. The van der Waals surface area contributed by atoms with E-state index in [2.05, 4.69) is 49.5 Å². The summed E-state index contributed by atoms with van der Waals surface area (Å²) in [5.74, 6) is 0.955. The van der Waals surface area contributed by atoms with Gasteiger partial charge in [0.05, 0.1) is 7.11 Å². The van der Waals surface area contributed by atoms with Gasteiger partial charge in [0, 0.05) is 18.2 Å². The molecule has 0 fully saturated rings. The fourth-order valence-corrected chi connectivity index (χ4v) is 2.00. The van der Waals surface area contributed by atoms with Gasteiger partial charge in [-0.2, -0.15) is 0 Å². The molecule has 0 aliphatic heterocycles.